The molecule has 2 heterocycles. The first-order valence-corrected chi connectivity index (χ1v) is 15.7. The molecule has 2 nitrogen and oxygen atoms in total. The van der Waals surface area contributed by atoms with Gasteiger partial charge in [-0.25, -0.2) is 0 Å². The Morgan fingerprint density at radius 3 is 2.21 bits per heavy atom. The lowest BCUT2D eigenvalue weighted by Crippen LogP contribution is -3.00. The van der Waals surface area contributed by atoms with Gasteiger partial charge in [0.25, 0.3) is 0 Å². The van der Waals surface area contributed by atoms with E-state index < -0.39 is 23.5 Å². The maximum atomic E-state index is 13.4. The highest BCUT2D eigenvalue weighted by Gasteiger charge is 2.32. The molecule has 0 saturated carbocycles. The molecule has 1 aliphatic carbocycles. The van der Waals surface area contributed by atoms with Gasteiger partial charge in [0, 0.05) is 36.1 Å². The summed E-state index contributed by atoms with van der Waals surface area (Å²) >= 11 is 0. The Labute approximate surface area is 288 Å². The summed E-state index contributed by atoms with van der Waals surface area (Å²) in [6, 6.07) is 9.55. The predicted octanol–water partition coefficient (Wildman–Crippen LogP) is 8.18. The van der Waals surface area contributed by atoms with Crippen molar-refractivity contribution in [1.82, 2.24) is 0 Å². The van der Waals surface area contributed by atoms with Gasteiger partial charge in [-0.3, -0.25) is 0 Å². The number of fused-ring (bicyclic) bond motifs is 2. The van der Waals surface area contributed by atoms with E-state index >= 15 is 0 Å². The lowest BCUT2D eigenvalue weighted by Gasteiger charge is -2.27. The number of allylic oxidation sites excluding steroid dienone is 12. The number of halogens is 7. The normalized spacial score (nSPS) is 17.5. The van der Waals surface area contributed by atoms with Crippen molar-refractivity contribution in [2.24, 2.45) is 0 Å². The number of benzene rings is 2. The van der Waals surface area contributed by atoms with E-state index in [1.807, 2.05) is 96.5 Å². The summed E-state index contributed by atoms with van der Waals surface area (Å²) in [6.45, 7) is 7.27. The first kappa shape index (κ1) is 36.7. The van der Waals surface area contributed by atoms with Crippen LogP contribution >= 0.6 is 0 Å². The molecule has 1 aromatic heterocycles. The first-order chi connectivity index (χ1) is 22.4. The summed E-state index contributed by atoms with van der Waals surface area (Å²) in [6.07, 6.45) is 14.9. The van der Waals surface area contributed by atoms with Gasteiger partial charge in [-0.2, -0.15) is 30.9 Å². The highest BCUT2D eigenvalue weighted by molar-refractivity contribution is 5.88. The molecular weight excluding hydrogens is 690 g/mol. The van der Waals surface area contributed by atoms with Gasteiger partial charge in [-0.1, -0.05) is 48.6 Å². The fourth-order valence-electron chi connectivity index (χ4n) is 6.04. The number of rotatable bonds is 7. The van der Waals surface area contributed by atoms with E-state index in [0.717, 1.165) is 42.6 Å². The van der Waals surface area contributed by atoms with Crippen LogP contribution in [0.25, 0.3) is 22.6 Å². The Balaban J connectivity index is 0.00000520. The van der Waals surface area contributed by atoms with Gasteiger partial charge in [0.05, 0.1) is 16.5 Å². The Bertz CT molecular complexity index is 1870. The van der Waals surface area contributed by atoms with E-state index in [4.69, 9.17) is 0 Å². The fraction of sp³-hybridized carbons (Fsp3) is 0.256. The molecule has 0 fully saturated rings. The number of hydrogen-bond acceptors (Lipinski definition) is 1. The topological polar surface area (TPSA) is 7.12 Å². The van der Waals surface area contributed by atoms with Crippen LogP contribution in [-0.4, -0.2) is 6.54 Å². The van der Waals surface area contributed by atoms with Crippen molar-refractivity contribution in [1.29, 1.82) is 0 Å². The summed E-state index contributed by atoms with van der Waals surface area (Å²) in [4.78, 5) is 1.92. The van der Waals surface area contributed by atoms with Gasteiger partial charge in [-0.15, -0.1) is 0 Å². The second-order valence-corrected chi connectivity index (χ2v) is 11.5. The number of alkyl halides is 6. The van der Waals surface area contributed by atoms with Crippen LogP contribution in [0.15, 0.2) is 120 Å². The van der Waals surface area contributed by atoms with Crippen LogP contribution in [0.4, 0.5) is 32.0 Å². The molecule has 252 valence electrons. The van der Waals surface area contributed by atoms with Crippen molar-refractivity contribution in [2.45, 2.75) is 58.9 Å². The van der Waals surface area contributed by atoms with E-state index in [0.29, 0.717) is 35.2 Å². The molecule has 0 amide bonds. The van der Waals surface area contributed by atoms with E-state index in [2.05, 4.69) is 6.92 Å². The zero-order valence-corrected chi connectivity index (χ0v) is 28.6. The van der Waals surface area contributed by atoms with Gasteiger partial charge >= 0.3 is 12.4 Å². The minimum Gasteiger partial charge on any atom is -1.00 e. The molecule has 0 spiro atoms. The third kappa shape index (κ3) is 8.29. The largest absolute Gasteiger partial charge is 1.00 e. The van der Waals surface area contributed by atoms with Crippen LogP contribution in [0.2, 0.25) is 0 Å². The average molecular weight is 728 g/mol. The minimum atomic E-state index is -4.42. The zero-order chi connectivity index (χ0) is 33.8. The summed E-state index contributed by atoms with van der Waals surface area (Å²) in [5, 5.41) is 0.546. The molecule has 0 bridgehead atoms. The monoisotopic (exact) mass is 726 g/mol. The fourth-order valence-corrected chi connectivity index (χ4v) is 6.04. The van der Waals surface area contributed by atoms with Crippen molar-refractivity contribution < 1.29 is 47.9 Å². The Morgan fingerprint density at radius 1 is 0.812 bits per heavy atom. The van der Waals surface area contributed by atoms with Gasteiger partial charge in [0.15, 0.2) is 6.20 Å². The van der Waals surface area contributed by atoms with Crippen molar-refractivity contribution in [3.05, 3.63) is 142 Å². The first-order valence-electron chi connectivity index (χ1n) is 15.7. The smallest absolute Gasteiger partial charge is 0.416 e. The molecule has 0 N–H and O–H groups in total. The number of hydrogen-bond donors (Lipinski definition) is 0. The second-order valence-electron chi connectivity index (χ2n) is 11.5. The molecule has 0 radical (unpaired) electrons. The molecule has 5 rings (SSSR count). The molecule has 48 heavy (non-hydrogen) atoms. The average Bonchev–Trinajstić information content (AvgIpc) is 3.04. The highest BCUT2D eigenvalue weighted by atomic mass is 79.9. The third-order valence-electron chi connectivity index (χ3n) is 8.66. The zero-order valence-electron chi connectivity index (χ0n) is 27.0. The SMILES string of the molecule is CCN1C=C\C(=C/C=C/C=C2\CCCC(/C=C/C=C/c3cc[n+](CC)c4ccc(C(F)(F)F)cc34)=C2C)c2cc(C(F)(F)F)ccc21.[Br-]. The minimum absolute atomic E-state index is 0. The van der Waals surface area contributed by atoms with Crippen LogP contribution in [0.3, 0.4) is 0 Å². The number of aryl methyl sites for hydroxylation is 1. The molecule has 2 aromatic carbocycles. The number of pyridine rings is 1. The molecule has 0 unspecified atom stereocenters. The molecule has 0 saturated heterocycles. The Morgan fingerprint density at radius 2 is 1.50 bits per heavy atom. The summed E-state index contributed by atoms with van der Waals surface area (Å²) in [7, 11) is 0. The molecule has 2 aliphatic rings. The summed E-state index contributed by atoms with van der Waals surface area (Å²) < 4.78 is 82.5. The van der Waals surface area contributed by atoms with Crippen LogP contribution < -0.4 is 26.4 Å². The van der Waals surface area contributed by atoms with Crippen molar-refractivity contribution >= 4 is 28.2 Å². The van der Waals surface area contributed by atoms with Crippen LogP contribution in [0, 0.1) is 0 Å². The molecule has 3 aromatic rings. The molecule has 0 atom stereocenters. The van der Waals surface area contributed by atoms with Crippen LogP contribution in [0.1, 0.15) is 62.3 Å². The quantitative estimate of drug-likeness (QED) is 0.135. The van der Waals surface area contributed by atoms with Gasteiger partial charge in [0.1, 0.15) is 6.54 Å². The lowest BCUT2D eigenvalue weighted by atomic mass is 9.87. The van der Waals surface area contributed by atoms with E-state index in [9.17, 15) is 26.3 Å². The lowest BCUT2D eigenvalue weighted by molar-refractivity contribution is -0.667. The van der Waals surface area contributed by atoms with Gasteiger partial charge < -0.3 is 21.9 Å². The Kier molecular flexibility index (Phi) is 11.8. The summed E-state index contributed by atoms with van der Waals surface area (Å²) in [5.74, 6) is 0. The van der Waals surface area contributed by atoms with E-state index in [-0.39, 0.29) is 17.0 Å². The number of anilines is 1. The van der Waals surface area contributed by atoms with Gasteiger partial charge in [-0.05, 0) is 104 Å². The standard InChI is InChI=1S/C39H37F6N2.BrH/c1-4-46-23-21-30(34-25-32(38(40,41)42)17-19-36(34)46)13-8-6-11-28-15-10-16-29(27(28)3)12-7-9-14-31-22-24-47(5-2)37-20-18-33(26-35(31)37)39(43,44)45;/h6-9,11-14,17-26H,4-5,10,15-16H2,1-3H3;1H/q+1;/p-1. The van der Waals surface area contributed by atoms with E-state index in [1.165, 1.54) is 41.0 Å². The van der Waals surface area contributed by atoms with Crippen molar-refractivity contribution in [2.75, 3.05) is 11.4 Å². The number of nitrogens with zero attached hydrogens (tertiary/aromatic N) is 2. The van der Waals surface area contributed by atoms with Crippen molar-refractivity contribution in [3.8, 4) is 0 Å². The van der Waals surface area contributed by atoms with Gasteiger partial charge in [0.2, 0.25) is 5.52 Å². The summed E-state index contributed by atoms with van der Waals surface area (Å²) in [5.41, 5.74) is 5.65. The Hall–Kier alpha value is -4.11. The van der Waals surface area contributed by atoms with E-state index in [1.54, 1.807) is 0 Å². The predicted molar refractivity (Wildman–Crippen MR) is 178 cm³/mol. The second kappa shape index (κ2) is 15.4. The molecule has 9 heteroatoms. The molecular formula is C39H37BrF6N2. The molecule has 1 aliphatic heterocycles. The van der Waals surface area contributed by atoms with Crippen LogP contribution in [-0.2, 0) is 18.9 Å². The number of aromatic nitrogens is 1. The van der Waals surface area contributed by atoms with Crippen LogP contribution in [0.5, 0.6) is 0 Å². The third-order valence-corrected chi connectivity index (χ3v) is 8.66. The van der Waals surface area contributed by atoms with Crippen molar-refractivity contribution in [3.63, 3.8) is 0 Å². The highest BCUT2D eigenvalue weighted by Crippen LogP contribution is 2.38. The maximum absolute atomic E-state index is 13.4. The maximum Gasteiger partial charge on any atom is 0.416 e.